The number of rotatable bonds is 7. The number of anilines is 1. The molecule has 0 bridgehead atoms. The first kappa shape index (κ1) is 22.5. The van der Waals surface area contributed by atoms with E-state index < -0.39 is 6.10 Å². The molecule has 8 nitrogen and oxygen atoms in total. The highest BCUT2D eigenvalue weighted by Crippen LogP contribution is 2.36. The lowest BCUT2D eigenvalue weighted by Crippen LogP contribution is -2.51. The van der Waals surface area contributed by atoms with Crippen molar-refractivity contribution in [1.29, 1.82) is 0 Å². The number of carbonyl (C=O) groups is 2. The molecule has 8 heteroatoms. The third-order valence-corrected chi connectivity index (χ3v) is 6.49. The van der Waals surface area contributed by atoms with E-state index in [1.54, 1.807) is 9.80 Å². The van der Waals surface area contributed by atoms with E-state index in [0.29, 0.717) is 49.1 Å². The quantitative estimate of drug-likeness (QED) is 0.622. The summed E-state index contributed by atoms with van der Waals surface area (Å²) in [5.74, 6) is 1.70. The van der Waals surface area contributed by atoms with E-state index >= 15 is 0 Å². The molecule has 0 saturated carbocycles. The minimum absolute atomic E-state index is 0.00345. The molecule has 1 saturated heterocycles. The topological polar surface area (TPSA) is 77.5 Å². The SMILES string of the molecule is CC[C@H]1Oc2ccc(C)cc2N(CC(=O)N(Cc2ccc3c(c2)OCO3)C[C@@H]2CCCO2)C1=O. The second-order valence-electron chi connectivity index (χ2n) is 9.01. The zero-order chi connectivity index (χ0) is 23.7. The van der Waals surface area contributed by atoms with Crippen LogP contribution in [-0.4, -0.2) is 55.4 Å². The number of hydrogen-bond acceptors (Lipinski definition) is 6. The molecule has 0 N–H and O–H groups in total. The van der Waals surface area contributed by atoms with Gasteiger partial charge in [-0.05, 0) is 61.6 Å². The van der Waals surface area contributed by atoms with Crippen LogP contribution in [0.15, 0.2) is 36.4 Å². The lowest BCUT2D eigenvalue weighted by atomic mass is 10.1. The van der Waals surface area contributed by atoms with Gasteiger partial charge >= 0.3 is 0 Å². The molecule has 2 amide bonds. The van der Waals surface area contributed by atoms with E-state index in [9.17, 15) is 9.59 Å². The van der Waals surface area contributed by atoms with Crippen molar-refractivity contribution < 1.29 is 28.5 Å². The fourth-order valence-electron chi connectivity index (χ4n) is 4.64. The Bertz CT molecular complexity index is 1080. The highest BCUT2D eigenvalue weighted by molar-refractivity contribution is 6.03. The van der Waals surface area contributed by atoms with Crippen molar-refractivity contribution in [1.82, 2.24) is 4.90 Å². The summed E-state index contributed by atoms with van der Waals surface area (Å²) < 4.78 is 22.6. The fourth-order valence-corrected chi connectivity index (χ4v) is 4.64. The first-order valence-electron chi connectivity index (χ1n) is 11.9. The van der Waals surface area contributed by atoms with Crippen LogP contribution in [0.25, 0.3) is 0 Å². The summed E-state index contributed by atoms with van der Waals surface area (Å²) in [5.41, 5.74) is 2.58. The van der Waals surface area contributed by atoms with Crippen LogP contribution in [0, 0.1) is 6.92 Å². The first-order valence-corrected chi connectivity index (χ1v) is 11.9. The van der Waals surface area contributed by atoms with Gasteiger partial charge in [0.1, 0.15) is 12.3 Å². The predicted molar refractivity (Wildman–Crippen MR) is 125 cm³/mol. The smallest absolute Gasteiger partial charge is 0.268 e. The lowest BCUT2D eigenvalue weighted by molar-refractivity contribution is -0.135. The molecule has 0 aliphatic carbocycles. The first-order chi connectivity index (χ1) is 16.5. The summed E-state index contributed by atoms with van der Waals surface area (Å²) in [6.07, 6.45) is 1.85. The van der Waals surface area contributed by atoms with Gasteiger partial charge in [-0.3, -0.25) is 14.5 Å². The number of benzene rings is 2. The molecule has 2 aromatic carbocycles. The Morgan fingerprint density at radius 2 is 1.94 bits per heavy atom. The molecule has 34 heavy (non-hydrogen) atoms. The molecule has 3 aliphatic rings. The lowest BCUT2D eigenvalue weighted by Gasteiger charge is -2.35. The molecule has 0 aromatic heterocycles. The number of carbonyl (C=O) groups excluding carboxylic acids is 2. The van der Waals surface area contributed by atoms with Crippen LogP contribution >= 0.6 is 0 Å². The molecule has 0 spiro atoms. The summed E-state index contributed by atoms with van der Waals surface area (Å²) in [5, 5.41) is 0. The Kier molecular flexibility index (Phi) is 6.32. The molecule has 3 heterocycles. The van der Waals surface area contributed by atoms with Crippen molar-refractivity contribution in [2.75, 3.05) is 31.4 Å². The maximum Gasteiger partial charge on any atom is 0.268 e. The normalized spacial score (nSPS) is 20.8. The summed E-state index contributed by atoms with van der Waals surface area (Å²) in [4.78, 5) is 30.2. The van der Waals surface area contributed by atoms with Crippen molar-refractivity contribution in [2.45, 2.75) is 51.9 Å². The predicted octanol–water partition coefficient (Wildman–Crippen LogP) is 3.44. The Morgan fingerprint density at radius 1 is 1.12 bits per heavy atom. The van der Waals surface area contributed by atoms with Crippen molar-refractivity contribution in [3.8, 4) is 17.2 Å². The summed E-state index contributed by atoms with van der Waals surface area (Å²) in [6, 6.07) is 11.4. The molecular weight excluding hydrogens is 436 g/mol. The van der Waals surface area contributed by atoms with Gasteiger partial charge in [-0.2, -0.15) is 0 Å². The van der Waals surface area contributed by atoms with Gasteiger partial charge in [-0.15, -0.1) is 0 Å². The van der Waals surface area contributed by atoms with E-state index in [4.69, 9.17) is 18.9 Å². The Morgan fingerprint density at radius 3 is 2.74 bits per heavy atom. The van der Waals surface area contributed by atoms with Gasteiger partial charge in [0.2, 0.25) is 12.7 Å². The van der Waals surface area contributed by atoms with Crippen molar-refractivity contribution in [3.63, 3.8) is 0 Å². The molecule has 3 aliphatic heterocycles. The van der Waals surface area contributed by atoms with E-state index in [1.165, 1.54) is 0 Å². The average molecular weight is 467 g/mol. The third kappa shape index (κ3) is 4.55. The average Bonchev–Trinajstić information content (AvgIpc) is 3.52. The number of nitrogens with zero attached hydrogens (tertiary/aromatic N) is 2. The van der Waals surface area contributed by atoms with Crippen molar-refractivity contribution in [3.05, 3.63) is 47.5 Å². The summed E-state index contributed by atoms with van der Waals surface area (Å²) in [7, 11) is 0. The van der Waals surface area contributed by atoms with Crippen LogP contribution in [-0.2, 0) is 20.9 Å². The highest BCUT2D eigenvalue weighted by Gasteiger charge is 2.36. The van der Waals surface area contributed by atoms with Gasteiger partial charge in [0.05, 0.1) is 11.8 Å². The summed E-state index contributed by atoms with van der Waals surface area (Å²) >= 11 is 0. The van der Waals surface area contributed by atoms with Gasteiger partial charge in [0.25, 0.3) is 5.91 Å². The number of ether oxygens (including phenoxy) is 4. The maximum absolute atomic E-state index is 13.7. The molecule has 2 atom stereocenters. The largest absolute Gasteiger partial charge is 0.478 e. The van der Waals surface area contributed by atoms with Gasteiger partial charge in [-0.25, -0.2) is 0 Å². The van der Waals surface area contributed by atoms with Gasteiger partial charge in [0.15, 0.2) is 17.6 Å². The van der Waals surface area contributed by atoms with E-state index in [0.717, 1.165) is 24.0 Å². The summed E-state index contributed by atoms with van der Waals surface area (Å²) in [6.45, 7) is 5.60. The maximum atomic E-state index is 13.7. The van der Waals surface area contributed by atoms with E-state index in [1.807, 2.05) is 50.2 Å². The number of fused-ring (bicyclic) bond motifs is 2. The van der Waals surface area contributed by atoms with Crippen molar-refractivity contribution in [2.24, 2.45) is 0 Å². The van der Waals surface area contributed by atoms with Crippen LogP contribution in [0.1, 0.15) is 37.3 Å². The number of hydrogen-bond donors (Lipinski definition) is 0. The van der Waals surface area contributed by atoms with Crippen LogP contribution in [0.4, 0.5) is 5.69 Å². The van der Waals surface area contributed by atoms with Crippen molar-refractivity contribution >= 4 is 17.5 Å². The van der Waals surface area contributed by atoms with Gasteiger partial charge in [-0.1, -0.05) is 19.1 Å². The molecule has 2 aromatic rings. The number of amides is 2. The second kappa shape index (κ2) is 9.54. The Labute approximate surface area is 199 Å². The van der Waals surface area contributed by atoms with Gasteiger partial charge < -0.3 is 23.8 Å². The van der Waals surface area contributed by atoms with Crippen LogP contribution < -0.4 is 19.1 Å². The Balaban J connectivity index is 1.39. The zero-order valence-corrected chi connectivity index (χ0v) is 19.6. The van der Waals surface area contributed by atoms with Crippen LogP contribution in [0.2, 0.25) is 0 Å². The monoisotopic (exact) mass is 466 g/mol. The van der Waals surface area contributed by atoms with Crippen LogP contribution in [0.3, 0.4) is 0 Å². The van der Waals surface area contributed by atoms with Crippen LogP contribution in [0.5, 0.6) is 17.2 Å². The molecule has 1 fully saturated rings. The molecule has 180 valence electrons. The standard InChI is InChI=1S/C26H30N2O6/c1-3-21-26(30)28(20-11-17(2)6-8-22(20)34-21)15-25(29)27(14-19-5-4-10-31-19)13-18-7-9-23-24(12-18)33-16-32-23/h6-9,11-12,19,21H,3-5,10,13-16H2,1-2H3/t19-,21+/m0/s1. The minimum atomic E-state index is -0.594. The second-order valence-corrected chi connectivity index (χ2v) is 9.01. The van der Waals surface area contributed by atoms with Gasteiger partial charge in [0, 0.05) is 19.7 Å². The fraction of sp³-hybridized carbons (Fsp3) is 0.462. The molecule has 0 unspecified atom stereocenters. The highest BCUT2D eigenvalue weighted by atomic mass is 16.7. The zero-order valence-electron chi connectivity index (χ0n) is 19.6. The molecular formula is C26H30N2O6. The molecule has 0 radical (unpaired) electrons. The Hall–Kier alpha value is -3.26. The minimum Gasteiger partial charge on any atom is -0.478 e. The molecule has 5 rings (SSSR count). The van der Waals surface area contributed by atoms with E-state index in [-0.39, 0.29) is 31.3 Å². The van der Waals surface area contributed by atoms with E-state index in [2.05, 4.69) is 0 Å². The third-order valence-electron chi connectivity index (χ3n) is 6.49. The number of aryl methyl sites for hydroxylation is 1.